The molecule has 1 aromatic rings. The van der Waals surface area contributed by atoms with E-state index >= 15 is 0 Å². The van der Waals surface area contributed by atoms with Crippen molar-refractivity contribution >= 4 is 0 Å². The third kappa shape index (κ3) is 4.70. The highest BCUT2D eigenvalue weighted by Crippen LogP contribution is 2.04. The van der Waals surface area contributed by atoms with E-state index in [4.69, 9.17) is 0 Å². The molecule has 5 nitrogen and oxygen atoms in total. The first-order chi connectivity index (χ1) is 7.76. The maximum Gasteiger partial charge on any atom is 0.174 e. The number of tetrazole rings is 1. The second-order valence-electron chi connectivity index (χ2n) is 4.15. The highest BCUT2D eigenvalue weighted by Gasteiger charge is 2.06. The number of aromatic nitrogens is 4. The maximum atomic E-state index is 4.17. The Bertz CT molecular complexity index is 284. The smallest absolute Gasteiger partial charge is 0.174 e. The van der Waals surface area contributed by atoms with Crippen LogP contribution in [0.15, 0.2) is 0 Å². The van der Waals surface area contributed by atoms with Crippen LogP contribution in [0.3, 0.4) is 0 Å². The van der Waals surface area contributed by atoms with Crippen LogP contribution < -0.4 is 5.32 Å². The molecule has 92 valence electrons. The summed E-state index contributed by atoms with van der Waals surface area (Å²) in [6, 6.07) is 0.636. The number of hydrogen-bond acceptors (Lipinski definition) is 4. The maximum absolute atomic E-state index is 4.17. The summed E-state index contributed by atoms with van der Waals surface area (Å²) in [5.74, 6) is 0.854. The summed E-state index contributed by atoms with van der Waals surface area (Å²) < 4.78 is 0. The molecule has 0 fully saturated rings. The number of nitrogens with zero attached hydrogens (tertiary/aromatic N) is 4. The fraction of sp³-hybridized carbons (Fsp3) is 0.909. The third-order valence-corrected chi connectivity index (χ3v) is 2.68. The van der Waals surface area contributed by atoms with E-state index in [1.165, 1.54) is 24.1 Å². The minimum Gasteiger partial charge on any atom is -0.314 e. The van der Waals surface area contributed by atoms with Gasteiger partial charge >= 0.3 is 0 Å². The van der Waals surface area contributed by atoms with Crippen molar-refractivity contribution in [2.75, 3.05) is 6.54 Å². The Balaban J connectivity index is 2.17. The van der Waals surface area contributed by atoms with Gasteiger partial charge < -0.3 is 5.32 Å². The van der Waals surface area contributed by atoms with Gasteiger partial charge in [0.2, 0.25) is 0 Å². The molecule has 0 aliphatic carbocycles. The molecular formula is C11H23N5. The Hall–Kier alpha value is -0.970. The van der Waals surface area contributed by atoms with Crippen LogP contribution in [0.1, 0.15) is 45.4 Å². The van der Waals surface area contributed by atoms with Gasteiger partial charge in [0.15, 0.2) is 5.82 Å². The number of nitrogens with one attached hydrogen (secondary N) is 1. The van der Waals surface area contributed by atoms with E-state index in [0.29, 0.717) is 6.04 Å². The van der Waals surface area contributed by atoms with E-state index in [9.17, 15) is 0 Å². The molecule has 0 aromatic carbocycles. The molecule has 1 aromatic heterocycles. The Kier molecular flexibility index (Phi) is 6.00. The van der Waals surface area contributed by atoms with Crippen LogP contribution >= 0.6 is 0 Å². The van der Waals surface area contributed by atoms with Gasteiger partial charge in [-0.2, -0.15) is 4.80 Å². The van der Waals surface area contributed by atoms with Gasteiger partial charge in [0.05, 0.1) is 7.05 Å². The zero-order chi connectivity index (χ0) is 11.8. The molecule has 1 atom stereocenters. The highest BCUT2D eigenvalue weighted by atomic mass is 15.6. The second-order valence-corrected chi connectivity index (χ2v) is 4.15. The standard InChI is InChI=1S/C11H23N5/c1-4-9-12-10(5-2)7-6-8-11-13-15-16(3)14-11/h10,12H,4-9H2,1-3H3. The van der Waals surface area contributed by atoms with Gasteiger partial charge in [-0.3, -0.25) is 0 Å². The Morgan fingerprint density at radius 3 is 2.75 bits per heavy atom. The molecule has 0 saturated heterocycles. The zero-order valence-electron chi connectivity index (χ0n) is 10.6. The van der Waals surface area contributed by atoms with Gasteiger partial charge in [0.25, 0.3) is 0 Å². The van der Waals surface area contributed by atoms with Crippen molar-refractivity contribution in [3.63, 3.8) is 0 Å². The van der Waals surface area contributed by atoms with Crippen molar-refractivity contribution in [3.8, 4) is 0 Å². The van der Waals surface area contributed by atoms with Gasteiger partial charge in [-0.25, -0.2) is 0 Å². The van der Waals surface area contributed by atoms with Gasteiger partial charge in [-0.05, 0) is 37.4 Å². The lowest BCUT2D eigenvalue weighted by molar-refractivity contribution is 0.453. The van der Waals surface area contributed by atoms with Gasteiger partial charge in [-0.1, -0.05) is 13.8 Å². The molecule has 0 bridgehead atoms. The molecule has 0 amide bonds. The Morgan fingerprint density at radius 1 is 1.38 bits per heavy atom. The molecule has 0 aliphatic heterocycles. The predicted molar refractivity (Wildman–Crippen MR) is 64.1 cm³/mol. The first kappa shape index (κ1) is 13.1. The van der Waals surface area contributed by atoms with Crippen LogP contribution in [-0.4, -0.2) is 32.8 Å². The van der Waals surface area contributed by atoms with Gasteiger partial charge in [0, 0.05) is 12.5 Å². The molecular weight excluding hydrogens is 202 g/mol. The van der Waals surface area contributed by atoms with E-state index in [1.807, 2.05) is 0 Å². The zero-order valence-corrected chi connectivity index (χ0v) is 10.6. The van der Waals surface area contributed by atoms with Crippen molar-refractivity contribution in [3.05, 3.63) is 5.82 Å². The van der Waals surface area contributed by atoms with Crippen molar-refractivity contribution in [2.24, 2.45) is 7.05 Å². The van der Waals surface area contributed by atoms with Crippen LogP contribution in [-0.2, 0) is 13.5 Å². The van der Waals surface area contributed by atoms with E-state index in [2.05, 4.69) is 34.6 Å². The summed E-state index contributed by atoms with van der Waals surface area (Å²) in [6.07, 6.45) is 5.63. The first-order valence-corrected chi connectivity index (χ1v) is 6.22. The van der Waals surface area contributed by atoms with Crippen molar-refractivity contribution in [1.82, 2.24) is 25.5 Å². The molecule has 1 N–H and O–H groups in total. The largest absolute Gasteiger partial charge is 0.314 e. The third-order valence-electron chi connectivity index (χ3n) is 2.68. The van der Waals surface area contributed by atoms with E-state index in [1.54, 1.807) is 7.05 Å². The highest BCUT2D eigenvalue weighted by molar-refractivity contribution is 4.77. The quantitative estimate of drug-likeness (QED) is 0.725. The number of aryl methyl sites for hydroxylation is 2. The van der Waals surface area contributed by atoms with Gasteiger partial charge in [-0.15, -0.1) is 10.2 Å². The molecule has 0 saturated carbocycles. The predicted octanol–water partition coefficient (Wildman–Crippen LogP) is 1.31. The summed E-state index contributed by atoms with van der Waals surface area (Å²) in [5, 5.41) is 15.5. The van der Waals surface area contributed by atoms with Gasteiger partial charge in [0.1, 0.15) is 0 Å². The van der Waals surface area contributed by atoms with E-state index < -0.39 is 0 Å². The summed E-state index contributed by atoms with van der Waals surface area (Å²) in [6.45, 7) is 5.54. The minimum absolute atomic E-state index is 0.636. The first-order valence-electron chi connectivity index (χ1n) is 6.22. The average molecular weight is 225 g/mol. The Labute approximate surface area is 97.6 Å². The lowest BCUT2D eigenvalue weighted by Gasteiger charge is -2.15. The number of hydrogen-bond donors (Lipinski definition) is 1. The van der Waals surface area contributed by atoms with Crippen molar-refractivity contribution in [1.29, 1.82) is 0 Å². The molecule has 5 heteroatoms. The lowest BCUT2D eigenvalue weighted by Crippen LogP contribution is -2.29. The SMILES string of the molecule is CCCNC(CC)CCCc1nnn(C)n1. The second kappa shape index (κ2) is 7.33. The molecule has 1 rings (SSSR count). The lowest BCUT2D eigenvalue weighted by atomic mass is 10.1. The number of rotatable bonds is 8. The Morgan fingerprint density at radius 2 is 2.19 bits per heavy atom. The van der Waals surface area contributed by atoms with Crippen LogP contribution in [0, 0.1) is 0 Å². The molecule has 1 unspecified atom stereocenters. The van der Waals surface area contributed by atoms with Crippen molar-refractivity contribution in [2.45, 2.75) is 52.0 Å². The van der Waals surface area contributed by atoms with Crippen LogP contribution in [0.25, 0.3) is 0 Å². The van der Waals surface area contributed by atoms with E-state index in [0.717, 1.165) is 25.2 Å². The minimum atomic E-state index is 0.636. The monoisotopic (exact) mass is 225 g/mol. The fourth-order valence-electron chi connectivity index (χ4n) is 1.73. The molecule has 16 heavy (non-hydrogen) atoms. The average Bonchev–Trinajstić information content (AvgIpc) is 2.69. The summed E-state index contributed by atoms with van der Waals surface area (Å²) in [4.78, 5) is 1.52. The van der Waals surface area contributed by atoms with Crippen LogP contribution in [0.2, 0.25) is 0 Å². The van der Waals surface area contributed by atoms with Crippen LogP contribution in [0.4, 0.5) is 0 Å². The molecule has 0 aliphatic rings. The van der Waals surface area contributed by atoms with Crippen molar-refractivity contribution < 1.29 is 0 Å². The topological polar surface area (TPSA) is 55.6 Å². The normalized spacial score (nSPS) is 12.9. The molecule has 0 radical (unpaired) electrons. The summed E-state index contributed by atoms with van der Waals surface area (Å²) in [5.41, 5.74) is 0. The molecule has 0 spiro atoms. The summed E-state index contributed by atoms with van der Waals surface area (Å²) >= 11 is 0. The van der Waals surface area contributed by atoms with E-state index in [-0.39, 0.29) is 0 Å². The molecule has 1 heterocycles. The fourth-order valence-corrected chi connectivity index (χ4v) is 1.73. The summed E-state index contributed by atoms with van der Waals surface area (Å²) in [7, 11) is 1.80. The van der Waals surface area contributed by atoms with Crippen LogP contribution in [0.5, 0.6) is 0 Å².